The molecule has 1 aromatic heterocycles. The monoisotopic (exact) mass is 405 g/mol. The summed E-state index contributed by atoms with van der Waals surface area (Å²) in [5, 5.41) is 8.17. The van der Waals surface area contributed by atoms with E-state index in [1.165, 1.54) is 10.8 Å². The number of hydrogen-bond acceptors (Lipinski definition) is 4. The van der Waals surface area contributed by atoms with E-state index in [-0.39, 0.29) is 18.2 Å². The van der Waals surface area contributed by atoms with Crippen LogP contribution in [0.25, 0.3) is 10.8 Å². The topological polar surface area (TPSA) is 79.3 Å². The maximum absolute atomic E-state index is 12.6. The molecule has 7 heteroatoms. The number of rotatable bonds is 7. The van der Waals surface area contributed by atoms with Crippen LogP contribution in [-0.4, -0.2) is 45.4 Å². The molecule has 156 valence electrons. The summed E-state index contributed by atoms with van der Waals surface area (Å²) in [5.74, 6) is 0.573. The molecular formula is C23H27N5O2. The van der Waals surface area contributed by atoms with Gasteiger partial charge in [0.05, 0.1) is 19.0 Å². The zero-order chi connectivity index (χ0) is 20.9. The first-order chi connectivity index (χ1) is 14.7. The lowest BCUT2D eigenvalue weighted by molar-refractivity contribution is -0.134. The molecule has 3 aromatic rings. The van der Waals surface area contributed by atoms with Gasteiger partial charge in [0.1, 0.15) is 5.82 Å². The summed E-state index contributed by atoms with van der Waals surface area (Å²) in [7, 11) is 0. The molecule has 1 aliphatic heterocycles. The Kier molecular flexibility index (Phi) is 6.09. The quantitative estimate of drug-likeness (QED) is 0.631. The first-order valence-electron chi connectivity index (χ1n) is 10.4. The molecule has 0 aliphatic carbocycles. The molecule has 0 saturated carbocycles. The van der Waals surface area contributed by atoms with E-state index >= 15 is 0 Å². The number of carbonyl (C=O) groups excluding carboxylic acids is 2. The zero-order valence-electron chi connectivity index (χ0n) is 17.2. The smallest absolute Gasteiger partial charge is 0.237 e. The van der Waals surface area contributed by atoms with E-state index in [9.17, 15) is 9.59 Å². The summed E-state index contributed by atoms with van der Waals surface area (Å²) in [4.78, 5) is 31.6. The second-order valence-corrected chi connectivity index (χ2v) is 7.53. The number of amides is 2. The number of carbonyl (C=O) groups is 2. The maximum atomic E-state index is 12.6. The van der Waals surface area contributed by atoms with Gasteiger partial charge in [-0.15, -0.1) is 0 Å². The third-order valence-electron chi connectivity index (χ3n) is 5.66. The Morgan fingerprint density at radius 2 is 2.07 bits per heavy atom. The van der Waals surface area contributed by atoms with Crippen molar-refractivity contribution < 1.29 is 9.59 Å². The van der Waals surface area contributed by atoms with Crippen molar-refractivity contribution in [3.63, 3.8) is 0 Å². The van der Waals surface area contributed by atoms with Crippen LogP contribution in [0.2, 0.25) is 0 Å². The van der Waals surface area contributed by atoms with Gasteiger partial charge < -0.3 is 15.2 Å². The summed E-state index contributed by atoms with van der Waals surface area (Å²) in [6.07, 6.45) is 3.75. The van der Waals surface area contributed by atoms with Gasteiger partial charge in [0.2, 0.25) is 11.8 Å². The molecular weight excluding hydrogens is 378 g/mol. The molecule has 2 aromatic carbocycles. The Morgan fingerprint density at radius 1 is 1.23 bits per heavy atom. The number of nitrogens with zero attached hydrogens (tertiary/aromatic N) is 3. The number of benzene rings is 2. The maximum Gasteiger partial charge on any atom is 0.237 e. The number of hydrogen-bond donors (Lipinski definition) is 2. The molecule has 1 saturated heterocycles. The van der Waals surface area contributed by atoms with Gasteiger partial charge >= 0.3 is 0 Å². The predicted octanol–water partition coefficient (Wildman–Crippen LogP) is 2.06. The van der Waals surface area contributed by atoms with Crippen LogP contribution in [0.3, 0.4) is 0 Å². The Bertz CT molecular complexity index is 1040. The van der Waals surface area contributed by atoms with E-state index in [0.717, 1.165) is 17.9 Å². The molecule has 1 fully saturated rings. The Balaban J connectivity index is 1.45. The fraction of sp³-hybridized carbons (Fsp3) is 0.348. The summed E-state index contributed by atoms with van der Waals surface area (Å²) >= 11 is 0. The lowest BCUT2D eigenvalue weighted by Gasteiger charge is -2.35. The number of fused-ring (bicyclic) bond motifs is 1. The van der Waals surface area contributed by atoms with Crippen LogP contribution < -0.4 is 10.6 Å². The molecule has 30 heavy (non-hydrogen) atoms. The Morgan fingerprint density at radius 3 is 2.93 bits per heavy atom. The van der Waals surface area contributed by atoms with E-state index in [4.69, 9.17) is 0 Å². The van der Waals surface area contributed by atoms with E-state index < -0.39 is 6.04 Å². The van der Waals surface area contributed by atoms with E-state index in [0.29, 0.717) is 26.2 Å². The van der Waals surface area contributed by atoms with E-state index in [1.807, 2.05) is 35.9 Å². The molecule has 1 aliphatic rings. The zero-order valence-corrected chi connectivity index (χ0v) is 17.2. The standard InChI is InChI=1S/C23H27N5O2/c1-2-27-12-10-24-21(27)15-26-22(29)14-20-23(30)25-11-13-28(20)16-18-8-5-7-17-6-3-4-9-19(17)18/h3-10,12,20H,2,11,13-16H2,1H3,(H,25,30)(H,26,29)/t20-/m0/s1. The van der Waals surface area contributed by atoms with Crippen molar-refractivity contribution in [2.45, 2.75) is 39.0 Å². The van der Waals surface area contributed by atoms with Crippen LogP contribution >= 0.6 is 0 Å². The molecule has 0 unspecified atom stereocenters. The lowest BCUT2D eigenvalue weighted by Crippen LogP contribution is -2.56. The molecule has 4 rings (SSSR count). The number of aryl methyl sites for hydroxylation is 1. The van der Waals surface area contributed by atoms with Crippen molar-refractivity contribution in [2.75, 3.05) is 13.1 Å². The second kappa shape index (κ2) is 9.09. The second-order valence-electron chi connectivity index (χ2n) is 7.53. The first kappa shape index (κ1) is 20.1. The highest BCUT2D eigenvalue weighted by Gasteiger charge is 2.31. The highest BCUT2D eigenvalue weighted by atomic mass is 16.2. The largest absolute Gasteiger partial charge is 0.353 e. The van der Waals surface area contributed by atoms with Gasteiger partial charge in [-0.25, -0.2) is 4.98 Å². The van der Waals surface area contributed by atoms with Crippen LogP contribution in [0.4, 0.5) is 0 Å². The van der Waals surface area contributed by atoms with E-state index in [1.54, 1.807) is 6.20 Å². The SMILES string of the molecule is CCn1ccnc1CNC(=O)C[C@H]1C(=O)NCCN1Cc1cccc2ccccc12. The van der Waals surface area contributed by atoms with Gasteiger partial charge in [0, 0.05) is 38.6 Å². The van der Waals surface area contributed by atoms with Gasteiger partial charge in [-0.2, -0.15) is 0 Å². The number of aromatic nitrogens is 2. The highest BCUT2D eigenvalue weighted by Crippen LogP contribution is 2.22. The molecule has 2 heterocycles. The predicted molar refractivity (Wildman–Crippen MR) is 116 cm³/mol. The van der Waals surface area contributed by atoms with Crippen LogP contribution in [-0.2, 0) is 29.2 Å². The Labute approximate surface area is 176 Å². The van der Waals surface area contributed by atoms with Crippen molar-refractivity contribution in [1.82, 2.24) is 25.1 Å². The molecule has 2 amide bonds. The summed E-state index contributed by atoms with van der Waals surface area (Å²) < 4.78 is 1.99. The fourth-order valence-corrected chi connectivity index (χ4v) is 4.04. The average molecular weight is 406 g/mol. The van der Waals surface area contributed by atoms with Gasteiger partial charge in [-0.3, -0.25) is 14.5 Å². The summed E-state index contributed by atoms with van der Waals surface area (Å²) in [6, 6.07) is 14.0. The van der Waals surface area contributed by atoms with Crippen LogP contribution in [0.1, 0.15) is 24.7 Å². The van der Waals surface area contributed by atoms with Gasteiger partial charge in [0.25, 0.3) is 0 Å². The fourth-order valence-electron chi connectivity index (χ4n) is 4.04. The molecule has 0 spiro atoms. The number of imidazole rings is 1. The number of nitrogens with one attached hydrogen (secondary N) is 2. The van der Waals surface area contributed by atoms with E-state index in [2.05, 4.69) is 44.8 Å². The van der Waals surface area contributed by atoms with Gasteiger partial charge in [0.15, 0.2) is 0 Å². The van der Waals surface area contributed by atoms with Gasteiger partial charge in [-0.05, 0) is 23.3 Å². The van der Waals surface area contributed by atoms with Crippen LogP contribution in [0, 0.1) is 0 Å². The molecule has 0 radical (unpaired) electrons. The highest BCUT2D eigenvalue weighted by molar-refractivity contribution is 5.89. The molecule has 1 atom stereocenters. The third-order valence-corrected chi connectivity index (χ3v) is 5.66. The third kappa shape index (κ3) is 4.36. The van der Waals surface area contributed by atoms with Crippen LogP contribution in [0.15, 0.2) is 54.9 Å². The molecule has 0 bridgehead atoms. The van der Waals surface area contributed by atoms with Crippen molar-refractivity contribution in [1.29, 1.82) is 0 Å². The Hall–Kier alpha value is -3.19. The van der Waals surface area contributed by atoms with Crippen molar-refractivity contribution in [3.8, 4) is 0 Å². The summed E-state index contributed by atoms with van der Waals surface area (Å²) in [6.45, 7) is 5.13. The molecule has 7 nitrogen and oxygen atoms in total. The average Bonchev–Trinajstić information content (AvgIpc) is 3.22. The minimum Gasteiger partial charge on any atom is -0.353 e. The normalized spacial score (nSPS) is 17.1. The summed E-state index contributed by atoms with van der Waals surface area (Å²) in [5.41, 5.74) is 1.16. The van der Waals surface area contributed by atoms with Crippen molar-refractivity contribution in [2.24, 2.45) is 0 Å². The van der Waals surface area contributed by atoms with Crippen molar-refractivity contribution >= 4 is 22.6 Å². The van der Waals surface area contributed by atoms with Crippen LogP contribution in [0.5, 0.6) is 0 Å². The minimum absolute atomic E-state index is 0.0910. The number of piperazine rings is 1. The first-order valence-corrected chi connectivity index (χ1v) is 10.4. The lowest BCUT2D eigenvalue weighted by atomic mass is 10.0. The van der Waals surface area contributed by atoms with Crippen molar-refractivity contribution in [3.05, 3.63) is 66.2 Å². The molecule has 2 N–H and O–H groups in total. The van der Waals surface area contributed by atoms with Gasteiger partial charge in [-0.1, -0.05) is 42.5 Å². The minimum atomic E-state index is -0.483.